The summed E-state index contributed by atoms with van der Waals surface area (Å²) in [6, 6.07) is 37.6. The average molecular weight is 511 g/mol. The second kappa shape index (κ2) is 9.18. The summed E-state index contributed by atoms with van der Waals surface area (Å²) in [4.78, 5) is 0. The molecule has 1 fully saturated rings. The fraction of sp³-hybridized carbons (Fsp3) is 0.200. The first kappa shape index (κ1) is 23.3. The lowest BCUT2D eigenvalue weighted by Crippen LogP contribution is -2.52. The van der Waals surface area contributed by atoms with E-state index in [1.54, 1.807) is 0 Å². The first-order valence-corrected chi connectivity index (χ1v) is 16.9. The van der Waals surface area contributed by atoms with E-state index < -0.39 is 8.24 Å². The van der Waals surface area contributed by atoms with Gasteiger partial charge in [-0.1, -0.05) is 104 Å². The second-order valence-corrected chi connectivity index (χ2v) is 16.0. The number of nitrogens with zero attached hydrogens (tertiary/aromatic N) is 1. The van der Waals surface area contributed by atoms with Gasteiger partial charge in [-0.15, -0.1) is 0 Å². The molecule has 2 aliphatic carbocycles. The van der Waals surface area contributed by atoms with Gasteiger partial charge in [0.15, 0.2) is 8.24 Å². The fourth-order valence-corrected chi connectivity index (χ4v) is 11.4. The van der Waals surface area contributed by atoms with Crippen molar-refractivity contribution in [3.8, 4) is 11.1 Å². The van der Waals surface area contributed by atoms with Crippen LogP contribution in [0.25, 0.3) is 16.7 Å². The Morgan fingerprint density at radius 2 is 1.32 bits per heavy atom. The molecule has 1 unspecified atom stereocenters. The summed E-state index contributed by atoms with van der Waals surface area (Å²) >= 11 is 0. The molecule has 3 atom stereocenters. The molecule has 0 saturated heterocycles. The third-order valence-corrected chi connectivity index (χ3v) is 13.2. The zero-order chi connectivity index (χ0) is 25.7. The molecule has 1 heterocycles. The van der Waals surface area contributed by atoms with Gasteiger partial charge in [0.2, 0.25) is 0 Å². The van der Waals surface area contributed by atoms with Gasteiger partial charge >= 0.3 is 0 Å². The Bertz CT molecular complexity index is 1510. The number of anilines is 4. The van der Waals surface area contributed by atoms with Gasteiger partial charge in [-0.3, -0.25) is 0 Å². The monoisotopic (exact) mass is 510 g/mol. The van der Waals surface area contributed by atoms with Crippen molar-refractivity contribution >= 4 is 36.6 Å². The molecule has 4 aromatic rings. The largest absolute Gasteiger partial charge is 0.366 e. The van der Waals surface area contributed by atoms with Gasteiger partial charge in [-0.25, -0.2) is 0 Å². The molecule has 188 valence electrons. The molecule has 2 nitrogen and oxygen atoms in total. The number of nitrogens with one attached hydrogen (secondary N) is 1. The quantitative estimate of drug-likeness (QED) is 0.275. The zero-order valence-electron chi connectivity index (χ0n) is 22.1. The highest BCUT2D eigenvalue weighted by molar-refractivity contribution is 6.84. The van der Waals surface area contributed by atoms with Crippen LogP contribution in [0, 0.1) is 11.8 Å². The summed E-state index contributed by atoms with van der Waals surface area (Å²) in [5.74, 6) is 1.16. The molecule has 0 amide bonds. The Labute approximate surface area is 227 Å². The van der Waals surface area contributed by atoms with Gasteiger partial charge in [0.05, 0.1) is 22.7 Å². The average Bonchev–Trinajstić information content (AvgIpc) is 3.42. The first-order chi connectivity index (χ1) is 18.6. The lowest BCUT2D eigenvalue weighted by Gasteiger charge is -2.48. The summed E-state index contributed by atoms with van der Waals surface area (Å²) in [6.07, 6.45) is 9.79. The Morgan fingerprint density at radius 3 is 2.05 bits per heavy atom. The summed E-state index contributed by atoms with van der Waals surface area (Å²) < 4.78 is 2.75. The van der Waals surface area contributed by atoms with E-state index in [1.807, 2.05) is 0 Å². The van der Waals surface area contributed by atoms with Crippen molar-refractivity contribution < 1.29 is 0 Å². The second-order valence-electron chi connectivity index (χ2n) is 11.5. The number of allylic oxidation sites excluding steroid dienone is 4. The third-order valence-electron chi connectivity index (χ3n) is 9.07. The smallest absolute Gasteiger partial charge is 0.160 e. The van der Waals surface area contributed by atoms with Crippen LogP contribution < -0.4 is 9.88 Å². The Balaban J connectivity index is 1.24. The van der Waals surface area contributed by atoms with Crippen LogP contribution in [-0.4, -0.2) is 8.24 Å². The van der Waals surface area contributed by atoms with Crippen molar-refractivity contribution in [3.63, 3.8) is 0 Å². The van der Waals surface area contributed by atoms with Crippen molar-refractivity contribution in [1.29, 1.82) is 0 Å². The molecule has 0 spiro atoms. The van der Waals surface area contributed by atoms with Crippen LogP contribution in [-0.2, 0) is 0 Å². The normalized spacial score (nSPS) is 21.7. The van der Waals surface area contributed by atoms with Crippen molar-refractivity contribution in [2.24, 2.45) is 11.8 Å². The number of hydrogen-bond acceptors (Lipinski definition) is 2. The summed E-state index contributed by atoms with van der Waals surface area (Å²) in [7, 11) is -1.96. The van der Waals surface area contributed by atoms with Crippen molar-refractivity contribution in [2.45, 2.75) is 31.5 Å². The van der Waals surface area contributed by atoms with E-state index in [2.05, 4.69) is 144 Å². The molecular formula is C35H34N2Si. The molecule has 0 aromatic heterocycles. The van der Waals surface area contributed by atoms with Gasteiger partial charge in [0, 0.05) is 0 Å². The van der Waals surface area contributed by atoms with Crippen LogP contribution in [0.2, 0.25) is 18.6 Å². The SMILES string of the molecule is C[Si](C)(C1CC[C@@H]2C(c3cccc(-c4ccccc4)c3)=CC=C[C@H]12)N1c2ccccc2Nc2ccccc21. The molecule has 1 saturated carbocycles. The highest BCUT2D eigenvalue weighted by atomic mass is 28.3. The molecule has 3 aliphatic rings. The minimum absolute atomic E-state index is 0.575. The van der Waals surface area contributed by atoms with E-state index in [0.717, 1.165) is 0 Å². The molecule has 4 aromatic carbocycles. The topological polar surface area (TPSA) is 15.3 Å². The summed E-state index contributed by atoms with van der Waals surface area (Å²) in [5, 5.41) is 3.69. The molecule has 3 heteroatoms. The first-order valence-electron chi connectivity index (χ1n) is 13.9. The van der Waals surface area contributed by atoms with Crippen LogP contribution in [0.3, 0.4) is 0 Å². The molecular weight excluding hydrogens is 476 g/mol. The van der Waals surface area contributed by atoms with E-state index in [0.29, 0.717) is 17.4 Å². The van der Waals surface area contributed by atoms with Crippen LogP contribution in [0.15, 0.2) is 121 Å². The van der Waals surface area contributed by atoms with Gasteiger partial charge in [-0.2, -0.15) is 0 Å². The van der Waals surface area contributed by atoms with Gasteiger partial charge in [0.1, 0.15) is 0 Å². The number of benzene rings is 4. The molecule has 1 N–H and O–H groups in total. The minimum atomic E-state index is -1.96. The van der Waals surface area contributed by atoms with Gasteiger partial charge in [0.25, 0.3) is 0 Å². The fourth-order valence-electron chi connectivity index (χ4n) is 7.32. The zero-order valence-corrected chi connectivity index (χ0v) is 23.1. The van der Waals surface area contributed by atoms with Crippen LogP contribution in [0.4, 0.5) is 22.7 Å². The highest BCUT2D eigenvalue weighted by Gasteiger charge is 2.50. The van der Waals surface area contributed by atoms with Gasteiger partial charge in [-0.05, 0) is 82.8 Å². The van der Waals surface area contributed by atoms with Crippen molar-refractivity contribution in [3.05, 3.63) is 127 Å². The van der Waals surface area contributed by atoms with E-state index in [9.17, 15) is 0 Å². The van der Waals surface area contributed by atoms with Crippen LogP contribution in [0.5, 0.6) is 0 Å². The van der Waals surface area contributed by atoms with Crippen molar-refractivity contribution in [1.82, 2.24) is 0 Å². The van der Waals surface area contributed by atoms with Crippen LogP contribution >= 0.6 is 0 Å². The number of rotatable bonds is 4. The number of fused-ring (bicyclic) bond motifs is 3. The van der Waals surface area contributed by atoms with Gasteiger partial charge < -0.3 is 9.88 Å². The molecule has 0 radical (unpaired) electrons. The van der Waals surface area contributed by atoms with Crippen molar-refractivity contribution in [2.75, 3.05) is 9.88 Å². The lowest BCUT2D eigenvalue weighted by atomic mass is 9.81. The molecule has 0 bridgehead atoms. The Hall–Kier alpha value is -3.82. The predicted molar refractivity (Wildman–Crippen MR) is 165 cm³/mol. The van der Waals surface area contributed by atoms with E-state index in [-0.39, 0.29) is 0 Å². The summed E-state index contributed by atoms with van der Waals surface area (Å²) in [5.41, 5.74) is 11.3. The molecule has 7 rings (SSSR count). The lowest BCUT2D eigenvalue weighted by molar-refractivity contribution is 0.559. The maximum absolute atomic E-state index is 3.69. The summed E-state index contributed by atoms with van der Waals surface area (Å²) in [6.45, 7) is 5.20. The maximum Gasteiger partial charge on any atom is 0.160 e. The number of para-hydroxylation sites is 4. The number of hydrogen-bond donors (Lipinski definition) is 1. The van der Waals surface area contributed by atoms with E-state index >= 15 is 0 Å². The van der Waals surface area contributed by atoms with E-state index in [1.165, 1.54) is 57.9 Å². The standard InChI is InChI=1S/C35H34N2Si/c1-38(2,37-33-20-8-6-18-31(33)36-32-19-7-9-21-34(32)37)35-23-22-29-28(16-11-17-30(29)35)27-15-10-14-26(24-27)25-12-4-3-5-13-25/h3-21,24,29-30,35-36H,22-23H2,1-2H3/t29-,30+,35?/m1/s1. The van der Waals surface area contributed by atoms with E-state index in [4.69, 9.17) is 0 Å². The predicted octanol–water partition coefficient (Wildman–Crippen LogP) is 9.80. The Kier molecular flexibility index (Phi) is 5.63. The minimum Gasteiger partial charge on any atom is -0.366 e. The molecule has 38 heavy (non-hydrogen) atoms. The highest BCUT2D eigenvalue weighted by Crippen LogP contribution is 2.57. The third kappa shape index (κ3) is 3.76. The van der Waals surface area contributed by atoms with Crippen LogP contribution in [0.1, 0.15) is 18.4 Å². The molecule has 1 aliphatic heterocycles. The Morgan fingerprint density at radius 1 is 0.684 bits per heavy atom. The maximum atomic E-state index is 3.69.